The Bertz CT molecular complexity index is 1300. The summed E-state index contributed by atoms with van der Waals surface area (Å²) in [5.41, 5.74) is 8.23. The number of rotatable bonds is 5. The fourth-order valence-corrected chi connectivity index (χ4v) is 3.64. The summed E-state index contributed by atoms with van der Waals surface area (Å²) in [5, 5.41) is 3.79. The van der Waals surface area contributed by atoms with Gasteiger partial charge in [-0.1, -0.05) is 49.1 Å². The average Bonchev–Trinajstić information content (AvgIpc) is 2.90. The summed E-state index contributed by atoms with van der Waals surface area (Å²) in [6.45, 7) is 3.91. The van der Waals surface area contributed by atoms with E-state index in [4.69, 9.17) is 15.2 Å². The molecule has 0 radical (unpaired) electrons. The second kappa shape index (κ2) is 10.1. The standard InChI is InChI=1S/C26H23N3O5/c1-2-16(7-5-6-12-27)25(31)34-23-19-10-11-22-18(13-17-8-3-4-9-21(17)29-22)14-28-24(30)20(19)15-33-26(23)32/h2-11,13,23H,1,12,14-15,27H2,(H,28,30)/b6-5-,11-10+,16-7+. The van der Waals surface area contributed by atoms with Crippen LogP contribution in [0.15, 0.2) is 84.0 Å². The third-order valence-corrected chi connectivity index (χ3v) is 5.40. The third kappa shape index (κ3) is 4.72. The fraction of sp³-hybridized carbons (Fsp3) is 0.154. The number of nitrogens with two attached hydrogens (primary N) is 1. The lowest BCUT2D eigenvalue weighted by Crippen LogP contribution is -2.39. The smallest absolute Gasteiger partial charge is 0.352 e. The number of carbonyl (C=O) groups excluding carboxylic acids is 3. The predicted octanol–water partition coefficient (Wildman–Crippen LogP) is 2.27. The zero-order valence-electron chi connectivity index (χ0n) is 18.3. The lowest BCUT2D eigenvalue weighted by Gasteiger charge is -2.25. The lowest BCUT2D eigenvalue weighted by atomic mass is 9.99. The van der Waals surface area contributed by atoms with Crippen LogP contribution >= 0.6 is 0 Å². The minimum Gasteiger partial charge on any atom is -0.458 e. The van der Waals surface area contributed by atoms with Crippen LogP contribution in [0.4, 0.5) is 0 Å². The SMILES string of the molecule is C=C/C(=C\C=C/CN)C(=O)OC1C(=O)OCC2=C1/C=C/c1nc3ccccc3cc1CNC2=O. The van der Waals surface area contributed by atoms with Gasteiger partial charge in [-0.25, -0.2) is 14.6 Å². The number of allylic oxidation sites excluding steroid dienone is 2. The molecule has 3 heterocycles. The van der Waals surface area contributed by atoms with Crippen molar-refractivity contribution in [3.8, 4) is 0 Å². The number of cyclic esters (lactones) is 1. The molecule has 1 amide bonds. The number of ether oxygens (including phenoxy) is 2. The van der Waals surface area contributed by atoms with Crippen LogP contribution in [0.5, 0.6) is 0 Å². The molecule has 2 aliphatic rings. The highest BCUT2D eigenvalue weighted by molar-refractivity contribution is 6.01. The van der Waals surface area contributed by atoms with Gasteiger partial charge in [-0.2, -0.15) is 0 Å². The maximum Gasteiger partial charge on any atom is 0.352 e. The van der Waals surface area contributed by atoms with Crippen LogP contribution in [0.2, 0.25) is 0 Å². The molecule has 1 unspecified atom stereocenters. The number of pyridine rings is 1. The molecule has 1 aromatic heterocycles. The predicted molar refractivity (Wildman–Crippen MR) is 127 cm³/mol. The Labute approximate surface area is 196 Å². The molecule has 0 aliphatic carbocycles. The van der Waals surface area contributed by atoms with Crippen molar-refractivity contribution in [2.75, 3.05) is 13.2 Å². The molecule has 8 heteroatoms. The van der Waals surface area contributed by atoms with E-state index in [0.717, 1.165) is 16.5 Å². The largest absolute Gasteiger partial charge is 0.458 e. The summed E-state index contributed by atoms with van der Waals surface area (Å²) in [7, 11) is 0. The maximum absolute atomic E-state index is 12.9. The number of nitrogens with zero attached hydrogens (tertiary/aromatic N) is 1. The summed E-state index contributed by atoms with van der Waals surface area (Å²) >= 11 is 0. The molecule has 8 nitrogen and oxygen atoms in total. The van der Waals surface area contributed by atoms with E-state index in [1.165, 1.54) is 12.2 Å². The number of aromatic nitrogens is 1. The fourth-order valence-electron chi connectivity index (χ4n) is 3.64. The Balaban J connectivity index is 1.72. The minimum atomic E-state index is -1.41. The molecular formula is C26H23N3O5. The highest BCUT2D eigenvalue weighted by Gasteiger charge is 2.37. The van der Waals surface area contributed by atoms with Gasteiger partial charge in [-0.15, -0.1) is 0 Å². The van der Waals surface area contributed by atoms with Gasteiger partial charge in [0.25, 0.3) is 5.91 Å². The van der Waals surface area contributed by atoms with Crippen LogP contribution in [-0.4, -0.2) is 42.1 Å². The Morgan fingerprint density at radius 3 is 2.91 bits per heavy atom. The number of benzene rings is 1. The highest BCUT2D eigenvalue weighted by Crippen LogP contribution is 2.26. The van der Waals surface area contributed by atoms with Gasteiger partial charge in [0.1, 0.15) is 6.61 Å². The van der Waals surface area contributed by atoms with E-state index >= 15 is 0 Å². The van der Waals surface area contributed by atoms with Crippen LogP contribution in [-0.2, 0) is 30.4 Å². The summed E-state index contributed by atoms with van der Waals surface area (Å²) in [6, 6.07) is 9.61. The van der Waals surface area contributed by atoms with Crippen molar-refractivity contribution in [3.05, 3.63) is 95.3 Å². The van der Waals surface area contributed by atoms with Crippen molar-refractivity contribution >= 4 is 34.8 Å². The summed E-state index contributed by atoms with van der Waals surface area (Å²) in [4.78, 5) is 42.9. The summed E-state index contributed by atoms with van der Waals surface area (Å²) in [6.07, 6.45) is 7.90. The number of amides is 1. The number of nitrogens with one attached hydrogen (secondary N) is 1. The van der Waals surface area contributed by atoms with Crippen molar-refractivity contribution in [2.45, 2.75) is 12.6 Å². The maximum atomic E-state index is 12.9. The first-order valence-corrected chi connectivity index (χ1v) is 10.7. The first-order valence-electron chi connectivity index (χ1n) is 10.7. The van der Waals surface area contributed by atoms with E-state index in [1.807, 2.05) is 30.3 Å². The quantitative estimate of drug-likeness (QED) is 0.401. The number of fused-ring (bicyclic) bond motifs is 2. The summed E-state index contributed by atoms with van der Waals surface area (Å²) in [5.74, 6) is -1.97. The van der Waals surface area contributed by atoms with E-state index in [9.17, 15) is 14.4 Å². The molecule has 3 N–H and O–H groups in total. The lowest BCUT2D eigenvalue weighted by molar-refractivity contribution is -0.163. The molecule has 2 aliphatic heterocycles. The van der Waals surface area contributed by atoms with Crippen molar-refractivity contribution in [2.24, 2.45) is 5.73 Å². The molecule has 1 atom stereocenters. The van der Waals surface area contributed by atoms with Gasteiger partial charge >= 0.3 is 11.9 Å². The highest BCUT2D eigenvalue weighted by atomic mass is 16.6. The molecule has 0 saturated heterocycles. The second-order valence-electron chi connectivity index (χ2n) is 7.56. The van der Waals surface area contributed by atoms with Gasteiger partial charge in [0.2, 0.25) is 6.10 Å². The average molecular weight is 457 g/mol. The number of hydrogen-bond acceptors (Lipinski definition) is 7. The van der Waals surface area contributed by atoms with E-state index in [2.05, 4.69) is 16.9 Å². The third-order valence-electron chi connectivity index (χ3n) is 5.40. The molecule has 172 valence electrons. The van der Waals surface area contributed by atoms with E-state index < -0.39 is 23.9 Å². The first kappa shape index (κ1) is 22.9. The molecule has 0 bridgehead atoms. The molecule has 34 heavy (non-hydrogen) atoms. The second-order valence-corrected chi connectivity index (χ2v) is 7.56. The Morgan fingerprint density at radius 1 is 1.29 bits per heavy atom. The molecule has 4 rings (SSSR count). The monoisotopic (exact) mass is 457 g/mol. The minimum absolute atomic E-state index is 0.125. The van der Waals surface area contributed by atoms with Crippen molar-refractivity contribution in [1.82, 2.24) is 10.3 Å². The van der Waals surface area contributed by atoms with Crippen LogP contribution in [0.25, 0.3) is 17.0 Å². The number of hydrogen-bond donors (Lipinski definition) is 2. The van der Waals surface area contributed by atoms with Crippen LogP contribution in [0.1, 0.15) is 11.3 Å². The van der Waals surface area contributed by atoms with Gasteiger partial charge in [-0.05, 0) is 29.8 Å². The van der Waals surface area contributed by atoms with Crippen molar-refractivity contribution in [1.29, 1.82) is 0 Å². The number of esters is 2. The van der Waals surface area contributed by atoms with Gasteiger partial charge in [-0.3, -0.25) is 4.79 Å². The zero-order valence-corrected chi connectivity index (χ0v) is 18.3. The van der Waals surface area contributed by atoms with Gasteiger partial charge < -0.3 is 20.5 Å². The van der Waals surface area contributed by atoms with E-state index in [0.29, 0.717) is 12.2 Å². The topological polar surface area (TPSA) is 121 Å². The Kier molecular flexibility index (Phi) is 6.79. The van der Waals surface area contributed by atoms with Crippen LogP contribution in [0, 0.1) is 0 Å². The van der Waals surface area contributed by atoms with Crippen LogP contribution < -0.4 is 11.1 Å². The molecular weight excluding hydrogens is 434 g/mol. The molecule has 1 aromatic carbocycles. The van der Waals surface area contributed by atoms with E-state index in [-0.39, 0.29) is 29.9 Å². The Morgan fingerprint density at radius 2 is 2.12 bits per heavy atom. The molecule has 0 saturated carbocycles. The number of para-hydroxylation sites is 1. The van der Waals surface area contributed by atoms with Crippen molar-refractivity contribution < 1.29 is 23.9 Å². The Hall–Kier alpha value is -4.30. The van der Waals surface area contributed by atoms with Crippen LogP contribution in [0.3, 0.4) is 0 Å². The molecule has 2 aromatic rings. The normalized spacial score (nSPS) is 19.3. The number of carbonyl (C=O) groups is 3. The first-order chi connectivity index (χ1) is 16.5. The van der Waals surface area contributed by atoms with Gasteiger partial charge in [0, 0.05) is 24.0 Å². The van der Waals surface area contributed by atoms with E-state index in [1.54, 1.807) is 24.3 Å². The zero-order chi connectivity index (χ0) is 24.1. The van der Waals surface area contributed by atoms with Crippen molar-refractivity contribution in [3.63, 3.8) is 0 Å². The molecule has 0 spiro atoms. The van der Waals surface area contributed by atoms with Gasteiger partial charge in [0.15, 0.2) is 0 Å². The summed E-state index contributed by atoms with van der Waals surface area (Å²) < 4.78 is 10.6. The molecule has 0 fully saturated rings. The van der Waals surface area contributed by atoms with Gasteiger partial charge in [0.05, 0.1) is 22.4 Å².